The second-order valence-electron chi connectivity index (χ2n) is 5.98. The second kappa shape index (κ2) is 5.95. The Morgan fingerprint density at radius 1 is 1.29 bits per heavy atom. The van der Waals surface area contributed by atoms with Crippen molar-refractivity contribution in [2.24, 2.45) is 11.3 Å². The average molecular weight is 306 g/mol. The van der Waals surface area contributed by atoms with Crippen LogP contribution >= 0.6 is 0 Å². The Hall–Kier alpha value is -1.73. The predicted molar refractivity (Wildman–Crippen MR) is 69.7 cm³/mol. The first-order valence-electron chi connectivity index (χ1n) is 6.68. The van der Waals surface area contributed by atoms with Gasteiger partial charge in [0.2, 0.25) is 11.8 Å². The van der Waals surface area contributed by atoms with Crippen LogP contribution in [0.2, 0.25) is 0 Å². The van der Waals surface area contributed by atoms with Crippen LogP contribution in [0.4, 0.5) is 8.78 Å². The fourth-order valence-electron chi connectivity index (χ4n) is 1.94. The minimum absolute atomic E-state index is 0.0602. The molecule has 1 aliphatic carbocycles. The summed E-state index contributed by atoms with van der Waals surface area (Å²) in [7, 11) is 0. The first-order chi connectivity index (χ1) is 9.49. The molecule has 0 aliphatic heterocycles. The topological polar surface area (TPSA) is 95.5 Å². The van der Waals surface area contributed by atoms with Crippen molar-refractivity contribution < 1.29 is 28.3 Å². The number of hydrogen-bond donors (Lipinski definition) is 3. The fraction of sp³-hybridized carbons (Fsp3) is 0.769. The lowest BCUT2D eigenvalue weighted by Crippen LogP contribution is -2.47. The number of alkyl halides is 2. The van der Waals surface area contributed by atoms with E-state index in [0.717, 1.165) is 6.92 Å². The minimum Gasteiger partial charge on any atom is -0.480 e. The zero-order valence-electron chi connectivity index (χ0n) is 12.2. The molecule has 3 N–H and O–H groups in total. The Bertz CT molecular complexity index is 453. The highest BCUT2D eigenvalue weighted by molar-refractivity contribution is 5.91. The second-order valence-corrected chi connectivity index (χ2v) is 5.98. The van der Waals surface area contributed by atoms with Crippen molar-refractivity contribution in [2.75, 3.05) is 6.54 Å². The van der Waals surface area contributed by atoms with Crippen LogP contribution in [0.25, 0.3) is 0 Å². The zero-order valence-corrected chi connectivity index (χ0v) is 12.2. The summed E-state index contributed by atoms with van der Waals surface area (Å²) in [6.45, 7) is 4.21. The van der Waals surface area contributed by atoms with Crippen LogP contribution in [0.15, 0.2) is 0 Å². The summed E-state index contributed by atoms with van der Waals surface area (Å²) in [5.41, 5.74) is -1.77. The molecule has 1 saturated carbocycles. The van der Waals surface area contributed by atoms with E-state index in [0.29, 0.717) is 0 Å². The van der Waals surface area contributed by atoms with Gasteiger partial charge in [0.25, 0.3) is 5.92 Å². The molecule has 1 fully saturated rings. The summed E-state index contributed by atoms with van der Waals surface area (Å²) in [5.74, 6) is -5.79. The van der Waals surface area contributed by atoms with Gasteiger partial charge in [-0.25, -0.2) is 13.6 Å². The smallest absolute Gasteiger partial charge is 0.326 e. The number of halogens is 2. The number of carboxylic acid groups (broad SMARTS) is 1. The quantitative estimate of drug-likeness (QED) is 0.647. The van der Waals surface area contributed by atoms with Crippen LogP contribution < -0.4 is 10.6 Å². The molecule has 1 unspecified atom stereocenters. The largest absolute Gasteiger partial charge is 0.480 e. The molecule has 0 aromatic carbocycles. The van der Waals surface area contributed by atoms with Crippen LogP contribution in [-0.4, -0.2) is 41.4 Å². The van der Waals surface area contributed by atoms with Gasteiger partial charge < -0.3 is 15.7 Å². The summed E-state index contributed by atoms with van der Waals surface area (Å²) >= 11 is 0. The molecular weight excluding hydrogens is 286 g/mol. The van der Waals surface area contributed by atoms with Gasteiger partial charge in [-0.3, -0.25) is 9.59 Å². The minimum atomic E-state index is -3.05. The van der Waals surface area contributed by atoms with Gasteiger partial charge in [-0.2, -0.15) is 0 Å². The Kier molecular flexibility index (Phi) is 4.91. The summed E-state index contributed by atoms with van der Waals surface area (Å²) < 4.78 is 26.0. The number of amides is 2. The predicted octanol–water partition coefficient (Wildman–Crippen LogP) is 0.763. The molecule has 120 valence electrons. The van der Waals surface area contributed by atoms with Gasteiger partial charge in [-0.1, -0.05) is 13.8 Å². The highest BCUT2D eigenvalue weighted by atomic mass is 19.3. The van der Waals surface area contributed by atoms with Crippen molar-refractivity contribution in [2.45, 2.75) is 45.6 Å². The molecule has 0 saturated heterocycles. The van der Waals surface area contributed by atoms with E-state index in [2.05, 4.69) is 10.6 Å². The van der Waals surface area contributed by atoms with Crippen LogP contribution in [-0.2, 0) is 14.4 Å². The molecule has 2 atom stereocenters. The van der Waals surface area contributed by atoms with E-state index in [4.69, 9.17) is 5.11 Å². The van der Waals surface area contributed by atoms with Crippen molar-refractivity contribution in [1.29, 1.82) is 0 Å². The number of carbonyl (C=O) groups excluding carboxylic acids is 2. The molecule has 2 amide bonds. The summed E-state index contributed by atoms with van der Waals surface area (Å²) in [6.07, 6.45) is -0.302. The summed E-state index contributed by atoms with van der Waals surface area (Å²) in [4.78, 5) is 34.1. The molecule has 6 nitrogen and oxygen atoms in total. The lowest BCUT2D eigenvalue weighted by Gasteiger charge is -2.17. The Morgan fingerprint density at radius 2 is 1.81 bits per heavy atom. The third-order valence-corrected chi connectivity index (χ3v) is 3.51. The Balaban J connectivity index is 2.43. The molecular formula is C13H20F2N2O4. The highest BCUT2D eigenvalue weighted by Crippen LogP contribution is 2.60. The number of aliphatic carboxylic acids is 1. The van der Waals surface area contributed by atoms with Gasteiger partial charge in [0.1, 0.15) is 11.5 Å². The molecule has 0 spiro atoms. The number of carbonyl (C=O) groups is 3. The van der Waals surface area contributed by atoms with Gasteiger partial charge in [0.15, 0.2) is 0 Å². The standard InChI is InChI=1S/C13H20F2N2O4/c1-7(2)4-8(10(19)20)17-9(18)5-16-11(21)12(3)6-13(12,14)15/h7-8H,4-6H2,1-3H3,(H,16,21)(H,17,18)(H,19,20)/t8-,12?/m0/s1. The average Bonchev–Trinajstić information content (AvgIpc) is 2.85. The lowest BCUT2D eigenvalue weighted by molar-refractivity contribution is -0.142. The Morgan fingerprint density at radius 3 is 2.19 bits per heavy atom. The number of nitrogens with one attached hydrogen (secondary N) is 2. The van der Waals surface area contributed by atoms with Crippen LogP contribution in [0.5, 0.6) is 0 Å². The Labute approximate surface area is 121 Å². The van der Waals surface area contributed by atoms with Crippen LogP contribution in [0, 0.1) is 11.3 Å². The maximum Gasteiger partial charge on any atom is 0.326 e. The molecule has 8 heteroatoms. The van der Waals surface area contributed by atoms with Crippen molar-refractivity contribution in [3.8, 4) is 0 Å². The fourth-order valence-corrected chi connectivity index (χ4v) is 1.94. The van der Waals surface area contributed by atoms with E-state index in [1.165, 1.54) is 0 Å². The summed E-state index contributed by atoms with van der Waals surface area (Å²) in [5, 5.41) is 13.3. The molecule has 0 aromatic heterocycles. The van der Waals surface area contributed by atoms with Gasteiger partial charge >= 0.3 is 5.97 Å². The molecule has 1 aliphatic rings. The zero-order chi connectivity index (χ0) is 16.4. The maximum atomic E-state index is 13.0. The van der Waals surface area contributed by atoms with E-state index >= 15 is 0 Å². The molecule has 1 rings (SSSR count). The van der Waals surface area contributed by atoms with Gasteiger partial charge in [-0.05, 0) is 19.3 Å². The maximum absolute atomic E-state index is 13.0. The monoisotopic (exact) mass is 306 g/mol. The number of carboxylic acids is 1. The van der Waals surface area contributed by atoms with Crippen LogP contribution in [0.3, 0.4) is 0 Å². The van der Waals surface area contributed by atoms with Gasteiger partial charge in [0, 0.05) is 6.42 Å². The van der Waals surface area contributed by atoms with Crippen molar-refractivity contribution in [3.05, 3.63) is 0 Å². The first-order valence-corrected chi connectivity index (χ1v) is 6.68. The van der Waals surface area contributed by atoms with E-state index in [1.54, 1.807) is 13.8 Å². The van der Waals surface area contributed by atoms with E-state index in [9.17, 15) is 23.2 Å². The normalized spacial score (nSPS) is 24.3. The molecule has 0 radical (unpaired) electrons. The first kappa shape index (κ1) is 17.3. The van der Waals surface area contributed by atoms with Crippen LogP contribution in [0.1, 0.15) is 33.6 Å². The van der Waals surface area contributed by atoms with Crippen molar-refractivity contribution in [3.63, 3.8) is 0 Å². The molecule has 0 heterocycles. The van der Waals surface area contributed by atoms with E-state index in [-0.39, 0.29) is 12.3 Å². The van der Waals surface area contributed by atoms with E-state index < -0.39 is 48.1 Å². The molecule has 21 heavy (non-hydrogen) atoms. The molecule has 0 bridgehead atoms. The molecule has 0 aromatic rings. The third-order valence-electron chi connectivity index (χ3n) is 3.51. The summed E-state index contributed by atoms with van der Waals surface area (Å²) in [6, 6.07) is -1.06. The SMILES string of the molecule is CC(C)C[C@H](NC(=O)CNC(=O)C1(C)CC1(F)F)C(=O)O. The van der Waals surface area contributed by atoms with Crippen molar-refractivity contribution in [1.82, 2.24) is 10.6 Å². The number of rotatable bonds is 7. The van der Waals surface area contributed by atoms with Gasteiger partial charge in [0.05, 0.1) is 6.54 Å². The third kappa shape index (κ3) is 4.12. The lowest BCUT2D eigenvalue weighted by atomic mass is 10.0. The van der Waals surface area contributed by atoms with E-state index in [1.807, 2.05) is 0 Å². The van der Waals surface area contributed by atoms with Gasteiger partial charge in [-0.15, -0.1) is 0 Å². The number of hydrogen-bond acceptors (Lipinski definition) is 3. The van der Waals surface area contributed by atoms with Crippen molar-refractivity contribution >= 4 is 17.8 Å². The highest BCUT2D eigenvalue weighted by Gasteiger charge is 2.72.